The van der Waals surface area contributed by atoms with Gasteiger partial charge >= 0.3 is 12.0 Å². The maximum absolute atomic E-state index is 12.3. The third kappa shape index (κ3) is 4.09. The number of urea groups is 1. The zero-order valence-electron chi connectivity index (χ0n) is 11.6. The Morgan fingerprint density at radius 2 is 2.29 bits per heavy atom. The fourth-order valence-corrected chi connectivity index (χ4v) is 2.40. The normalized spacial score (nSPS) is 21.0. The quantitative estimate of drug-likeness (QED) is 0.892. The summed E-state index contributed by atoms with van der Waals surface area (Å²) in [6, 6.07) is 5.94. The van der Waals surface area contributed by atoms with Gasteiger partial charge in [-0.25, -0.2) is 4.79 Å². The minimum absolute atomic E-state index is 0.0833. The number of benzene rings is 1. The lowest BCUT2D eigenvalue weighted by atomic mass is 10.1. The second-order valence-electron chi connectivity index (χ2n) is 4.88. The molecule has 6 nitrogen and oxygen atoms in total. The van der Waals surface area contributed by atoms with Crippen LogP contribution in [0.5, 0.6) is 0 Å². The van der Waals surface area contributed by atoms with Crippen LogP contribution in [0.1, 0.15) is 13.3 Å². The van der Waals surface area contributed by atoms with E-state index >= 15 is 0 Å². The highest BCUT2D eigenvalue weighted by Crippen LogP contribution is 2.20. The first kappa shape index (κ1) is 15.6. The summed E-state index contributed by atoms with van der Waals surface area (Å²) in [5.74, 6) is -1.10. The molecule has 1 aromatic carbocycles. The number of halogens is 1. The molecule has 0 bridgehead atoms. The zero-order chi connectivity index (χ0) is 15.4. The number of nitrogens with one attached hydrogen (secondary N) is 1. The van der Waals surface area contributed by atoms with Gasteiger partial charge in [0.2, 0.25) is 0 Å². The van der Waals surface area contributed by atoms with Crippen LogP contribution in [-0.4, -0.2) is 42.4 Å². The topological polar surface area (TPSA) is 78.9 Å². The Hall–Kier alpha value is -1.79. The molecule has 1 aromatic rings. The van der Waals surface area contributed by atoms with Crippen molar-refractivity contribution < 1.29 is 19.4 Å². The van der Waals surface area contributed by atoms with Crippen molar-refractivity contribution in [2.24, 2.45) is 0 Å². The molecule has 2 amide bonds. The molecule has 0 aromatic heterocycles. The highest BCUT2D eigenvalue weighted by molar-refractivity contribution is 6.30. The number of anilines is 1. The Kier molecular flexibility index (Phi) is 5.03. The number of carboxylic acid groups (broad SMARTS) is 1. The average molecular weight is 313 g/mol. The number of amides is 2. The van der Waals surface area contributed by atoms with Crippen molar-refractivity contribution in [3.63, 3.8) is 0 Å². The molecular weight excluding hydrogens is 296 g/mol. The molecule has 1 saturated heterocycles. The number of nitrogens with zero attached hydrogens (tertiary/aromatic N) is 1. The zero-order valence-corrected chi connectivity index (χ0v) is 12.3. The standard InChI is InChI=1S/C14H17ClN2O4/c1-9-12(5-6-21-9)16-14(20)17(8-13(18)19)11-4-2-3-10(15)7-11/h2-4,7,9,12H,5-6,8H2,1H3,(H,16,20)(H,18,19). The molecule has 7 heteroatoms. The summed E-state index contributed by atoms with van der Waals surface area (Å²) < 4.78 is 5.38. The summed E-state index contributed by atoms with van der Waals surface area (Å²) in [6.45, 7) is 2.02. The predicted molar refractivity (Wildman–Crippen MR) is 78.8 cm³/mol. The smallest absolute Gasteiger partial charge is 0.323 e. The highest BCUT2D eigenvalue weighted by Gasteiger charge is 2.28. The van der Waals surface area contributed by atoms with Crippen molar-refractivity contribution in [2.75, 3.05) is 18.1 Å². The fourth-order valence-electron chi connectivity index (χ4n) is 2.22. The number of aliphatic carboxylic acids is 1. The minimum atomic E-state index is -1.10. The van der Waals surface area contributed by atoms with Crippen LogP contribution >= 0.6 is 11.6 Å². The van der Waals surface area contributed by atoms with Crippen molar-refractivity contribution in [1.29, 1.82) is 0 Å². The predicted octanol–water partition coefficient (Wildman–Crippen LogP) is 2.12. The summed E-state index contributed by atoms with van der Waals surface area (Å²) in [6.07, 6.45) is 0.628. The van der Waals surface area contributed by atoms with Crippen molar-refractivity contribution in [3.05, 3.63) is 29.3 Å². The van der Waals surface area contributed by atoms with E-state index in [0.717, 1.165) is 4.90 Å². The van der Waals surface area contributed by atoms with Crippen molar-refractivity contribution >= 4 is 29.3 Å². The monoisotopic (exact) mass is 312 g/mol. The van der Waals surface area contributed by atoms with Gasteiger partial charge in [-0.2, -0.15) is 0 Å². The Morgan fingerprint density at radius 1 is 1.52 bits per heavy atom. The molecular formula is C14H17ClN2O4. The first-order valence-electron chi connectivity index (χ1n) is 6.64. The number of ether oxygens (including phenoxy) is 1. The molecule has 2 rings (SSSR count). The van der Waals surface area contributed by atoms with Gasteiger partial charge in [0, 0.05) is 17.3 Å². The average Bonchev–Trinajstić information content (AvgIpc) is 2.81. The van der Waals surface area contributed by atoms with Gasteiger partial charge in [-0.05, 0) is 31.5 Å². The summed E-state index contributed by atoms with van der Waals surface area (Å²) >= 11 is 5.90. The van der Waals surface area contributed by atoms with Gasteiger partial charge in [-0.15, -0.1) is 0 Å². The van der Waals surface area contributed by atoms with Crippen LogP contribution in [0.2, 0.25) is 5.02 Å². The molecule has 2 atom stereocenters. The van der Waals surface area contributed by atoms with Crippen LogP contribution in [0, 0.1) is 0 Å². The lowest BCUT2D eigenvalue weighted by Gasteiger charge is -2.25. The SMILES string of the molecule is CC1OCCC1NC(=O)N(CC(=O)O)c1cccc(Cl)c1. The van der Waals surface area contributed by atoms with Gasteiger partial charge < -0.3 is 15.2 Å². The third-order valence-corrected chi connectivity index (χ3v) is 3.58. The van der Waals surface area contributed by atoms with Crippen molar-refractivity contribution in [2.45, 2.75) is 25.5 Å². The van der Waals surface area contributed by atoms with Crippen LogP contribution in [0.25, 0.3) is 0 Å². The lowest BCUT2D eigenvalue weighted by Crippen LogP contribution is -2.48. The number of hydrogen-bond donors (Lipinski definition) is 2. The number of hydrogen-bond acceptors (Lipinski definition) is 3. The Labute approximate surface area is 127 Å². The number of carbonyl (C=O) groups excluding carboxylic acids is 1. The fraction of sp³-hybridized carbons (Fsp3) is 0.429. The second kappa shape index (κ2) is 6.78. The van der Waals surface area contributed by atoms with Crippen molar-refractivity contribution in [1.82, 2.24) is 5.32 Å². The van der Waals surface area contributed by atoms with Gasteiger partial charge in [0.25, 0.3) is 0 Å². The van der Waals surface area contributed by atoms with Gasteiger partial charge in [0.15, 0.2) is 0 Å². The minimum Gasteiger partial charge on any atom is -0.480 e. The first-order chi connectivity index (χ1) is 9.97. The van der Waals surface area contributed by atoms with Crippen LogP contribution in [-0.2, 0) is 9.53 Å². The molecule has 114 valence electrons. The molecule has 0 radical (unpaired) electrons. The van der Waals surface area contributed by atoms with E-state index in [1.54, 1.807) is 24.3 Å². The van der Waals surface area contributed by atoms with E-state index in [1.807, 2.05) is 6.92 Å². The molecule has 1 heterocycles. The molecule has 2 unspecified atom stereocenters. The Morgan fingerprint density at radius 3 is 2.86 bits per heavy atom. The summed E-state index contributed by atoms with van der Waals surface area (Å²) in [5.41, 5.74) is 0.439. The molecule has 0 saturated carbocycles. The van der Waals surface area contributed by atoms with Crippen LogP contribution in [0.15, 0.2) is 24.3 Å². The Bertz CT molecular complexity index is 537. The van der Waals surface area contributed by atoms with E-state index in [4.69, 9.17) is 21.4 Å². The number of carbonyl (C=O) groups is 2. The van der Waals surface area contributed by atoms with E-state index in [0.29, 0.717) is 23.7 Å². The van der Waals surface area contributed by atoms with Gasteiger partial charge in [0.05, 0.1) is 12.1 Å². The van der Waals surface area contributed by atoms with E-state index in [1.165, 1.54) is 0 Å². The molecule has 1 fully saturated rings. The maximum Gasteiger partial charge on any atom is 0.323 e. The molecule has 0 spiro atoms. The molecule has 1 aliphatic rings. The van der Waals surface area contributed by atoms with E-state index in [2.05, 4.69) is 5.32 Å². The summed E-state index contributed by atoms with van der Waals surface area (Å²) in [5, 5.41) is 12.2. The Balaban J connectivity index is 2.15. The number of carboxylic acids is 1. The lowest BCUT2D eigenvalue weighted by molar-refractivity contribution is -0.135. The van der Waals surface area contributed by atoms with Crippen LogP contribution < -0.4 is 10.2 Å². The second-order valence-corrected chi connectivity index (χ2v) is 5.32. The van der Waals surface area contributed by atoms with E-state index < -0.39 is 18.5 Å². The molecule has 0 aliphatic carbocycles. The van der Waals surface area contributed by atoms with Crippen molar-refractivity contribution in [3.8, 4) is 0 Å². The molecule has 2 N–H and O–H groups in total. The molecule has 21 heavy (non-hydrogen) atoms. The number of rotatable bonds is 4. The van der Waals surface area contributed by atoms with Gasteiger partial charge in [-0.3, -0.25) is 9.69 Å². The molecule has 1 aliphatic heterocycles. The maximum atomic E-state index is 12.3. The third-order valence-electron chi connectivity index (χ3n) is 3.34. The highest BCUT2D eigenvalue weighted by atomic mass is 35.5. The first-order valence-corrected chi connectivity index (χ1v) is 7.02. The van der Waals surface area contributed by atoms with Crippen LogP contribution in [0.3, 0.4) is 0 Å². The summed E-state index contributed by atoms with van der Waals surface area (Å²) in [7, 11) is 0. The largest absolute Gasteiger partial charge is 0.480 e. The van der Waals surface area contributed by atoms with E-state index in [9.17, 15) is 9.59 Å². The van der Waals surface area contributed by atoms with E-state index in [-0.39, 0.29) is 12.1 Å². The van der Waals surface area contributed by atoms with Crippen LogP contribution in [0.4, 0.5) is 10.5 Å². The summed E-state index contributed by atoms with van der Waals surface area (Å²) in [4.78, 5) is 24.5. The van der Waals surface area contributed by atoms with Gasteiger partial charge in [0.1, 0.15) is 6.54 Å². The van der Waals surface area contributed by atoms with Gasteiger partial charge in [-0.1, -0.05) is 17.7 Å².